The third-order valence-electron chi connectivity index (χ3n) is 7.35. The third kappa shape index (κ3) is 5.49. The van der Waals surface area contributed by atoms with E-state index in [0.29, 0.717) is 16.9 Å². The van der Waals surface area contributed by atoms with Gasteiger partial charge in [0.15, 0.2) is 0 Å². The van der Waals surface area contributed by atoms with Gasteiger partial charge in [-0.25, -0.2) is 9.97 Å². The number of hydrogen-bond acceptors (Lipinski definition) is 6. The molecule has 0 unspecified atom stereocenters. The van der Waals surface area contributed by atoms with Gasteiger partial charge in [-0.2, -0.15) is 0 Å². The molecule has 3 aliphatic rings. The number of amides is 1. The maximum atomic E-state index is 12.1. The van der Waals surface area contributed by atoms with Gasteiger partial charge in [-0.1, -0.05) is 25.4 Å². The first kappa shape index (κ1) is 22.7. The van der Waals surface area contributed by atoms with Gasteiger partial charge in [0.1, 0.15) is 0 Å². The highest BCUT2D eigenvalue weighted by atomic mass is 35.5. The molecule has 3 fully saturated rings. The van der Waals surface area contributed by atoms with E-state index in [2.05, 4.69) is 14.9 Å². The second kappa shape index (κ2) is 9.59. The van der Waals surface area contributed by atoms with Crippen LogP contribution in [0.2, 0.25) is 5.02 Å². The van der Waals surface area contributed by atoms with Crippen LogP contribution in [0.5, 0.6) is 0 Å². The molecule has 31 heavy (non-hydrogen) atoms. The average Bonchev–Trinajstić information content (AvgIpc) is 3.45. The molecule has 0 aromatic carbocycles. The largest absolute Gasteiger partial charge is 0.378 e. The zero-order valence-corrected chi connectivity index (χ0v) is 19.6. The molecule has 2 saturated heterocycles. The van der Waals surface area contributed by atoms with Crippen molar-refractivity contribution in [1.29, 1.82) is 0 Å². The van der Waals surface area contributed by atoms with Crippen LogP contribution < -0.4 is 10.6 Å². The number of hydrogen-bond donors (Lipinski definition) is 1. The molecule has 1 saturated carbocycles. The highest BCUT2D eigenvalue weighted by Crippen LogP contribution is 2.51. The molecule has 2 aliphatic heterocycles. The summed E-state index contributed by atoms with van der Waals surface area (Å²) in [6.45, 7) is 8.24. The van der Waals surface area contributed by atoms with Crippen LogP contribution in [-0.2, 0) is 9.53 Å². The Balaban J connectivity index is 1.14. The van der Waals surface area contributed by atoms with Gasteiger partial charge in [0.05, 0.1) is 23.5 Å². The molecular formula is C23H36ClN5O2. The molecular weight excluding hydrogens is 414 g/mol. The van der Waals surface area contributed by atoms with Gasteiger partial charge in [-0.05, 0) is 50.4 Å². The van der Waals surface area contributed by atoms with Crippen molar-refractivity contribution in [3.05, 3.63) is 17.4 Å². The molecule has 1 aliphatic carbocycles. The third-order valence-corrected chi connectivity index (χ3v) is 7.54. The second-order valence-electron chi connectivity index (χ2n) is 9.87. The monoisotopic (exact) mass is 449 g/mol. The SMILES string of the molecule is CC(C)C(=O)N1CCC(OCC[C@]2(N)C[C@@H]2C2CCN(c3ncc(Cl)cn3)CC2)CC1. The van der Waals surface area contributed by atoms with Crippen LogP contribution in [0, 0.1) is 17.8 Å². The first-order valence-electron chi connectivity index (χ1n) is 11.8. The molecule has 2 atom stereocenters. The number of likely N-dealkylation sites (tertiary alicyclic amines) is 1. The zero-order valence-electron chi connectivity index (χ0n) is 18.8. The van der Waals surface area contributed by atoms with Crippen LogP contribution in [0.4, 0.5) is 5.95 Å². The number of piperidine rings is 2. The molecule has 1 amide bonds. The van der Waals surface area contributed by atoms with Crippen molar-refractivity contribution in [2.24, 2.45) is 23.5 Å². The van der Waals surface area contributed by atoms with E-state index in [1.165, 1.54) is 0 Å². The standard InChI is InChI=1S/C23H36ClN5O2/c1-16(2)21(30)28-10-5-19(6-11-28)31-12-7-23(25)13-20(23)17-3-8-29(9-4-17)22-26-14-18(24)15-27-22/h14-17,19-20H,3-13,25H2,1-2H3/t20-,23+/m1/s1. The van der Waals surface area contributed by atoms with Crippen LogP contribution in [0.15, 0.2) is 12.4 Å². The summed E-state index contributed by atoms with van der Waals surface area (Å²) in [5.74, 6) is 2.39. The van der Waals surface area contributed by atoms with E-state index in [9.17, 15) is 4.79 Å². The second-order valence-corrected chi connectivity index (χ2v) is 10.3. The van der Waals surface area contributed by atoms with Crippen molar-refractivity contribution in [2.45, 2.75) is 64.0 Å². The summed E-state index contributed by atoms with van der Waals surface area (Å²) >= 11 is 5.89. The van der Waals surface area contributed by atoms with Crippen molar-refractivity contribution in [3.63, 3.8) is 0 Å². The minimum Gasteiger partial charge on any atom is -0.378 e. The maximum absolute atomic E-state index is 12.1. The Labute approximate surface area is 190 Å². The molecule has 7 nitrogen and oxygen atoms in total. The fourth-order valence-corrected chi connectivity index (χ4v) is 5.37. The van der Waals surface area contributed by atoms with Crippen LogP contribution >= 0.6 is 11.6 Å². The number of nitrogens with two attached hydrogens (primary N) is 1. The van der Waals surface area contributed by atoms with Crippen molar-refractivity contribution in [1.82, 2.24) is 14.9 Å². The van der Waals surface area contributed by atoms with Crippen molar-refractivity contribution in [3.8, 4) is 0 Å². The summed E-state index contributed by atoms with van der Waals surface area (Å²) in [5.41, 5.74) is 6.65. The minimum atomic E-state index is -0.0576. The summed E-state index contributed by atoms with van der Waals surface area (Å²) in [6.07, 6.45) is 9.78. The Hall–Kier alpha value is -1.44. The van der Waals surface area contributed by atoms with Gasteiger partial charge in [0.25, 0.3) is 0 Å². The molecule has 1 aromatic heterocycles. The van der Waals surface area contributed by atoms with Crippen molar-refractivity contribution in [2.75, 3.05) is 37.7 Å². The van der Waals surface area contributed by atoms with E-state index in [1.54, 1.807) is 12.4 Å². The topological polar surface area (TPSA) is 84.6 Å². The molecule has 3 heterocycles. The van der Waals surface area contributed by atoms with Crippen LogP contribution in [-0.4, -0.2) is 65.2 Å². The quantitative estimate of drug-likeness (QED) is 0.688. The van der Waals surface area contributed by atoms with Crippen molar-refractivity contribution >= 4 is 23.5 Å². The van der Waals surface area contributed by atoms with Gasteiger partial charge < -0.3 is 20.3 Å². The summed E-state index contributed by atoms with van der Waals surface area (Å²) in [6, 6.07) is 0. The maximum Gasteiger partial charge on any atom is 0.225 e. The normalized spacial score (nSPS) is 27.7. The van der Waals surface area contributed by atoms with Gasteiger partial charge in [-0.3, -0.25) is 4.79 Å². The first-order chi connectivity index (χ1) is 14.9. The lowest BCUT2D eigenvalue weighted by molar-refractivity contribution is -0.137. The van der Waals surface area contributed by atoms with E-state index in [4.69, 9.17) is 22.1 Å². The summed E-state index contributed by atoms with van der Waals surface area (Å²) in [4.78, 5) is 25.0. The fourth-order valence-electron chi connectivity index (χ4n) is 5.27. The van der Waals surface area contributed by atoms with Crippen molar-refractivity contribution < 1.29 is 9.53 Å². The molecule has 8 heteroatoms. The molecule has 172 valence electrons. The number of rotatable bonds is 7. The smallest absolute Gasteiger partial charge is 0.225 e. The summed E-state index contributed by atoms with van der Waals surface area (Å²) in [5, 5.41) is 0.571. The Kier molecular flexibility index (Phi) is 7.04. The number of nitrogens with zero attached hydrogens (tertiary/aromatic N) is 4. The Morgan fingerprint density at radius 2 is 1.84 bits per heavy atom. The molecule has 2 N–H and O–H groups in total. The number of carbonyl (C=O) groups is 1. The number of anilines is 1. The van der Waals surface area contributed by atoms with Crippen LogP contribution in [0.3, 0.4) is 0 Å². The lowest BCUT2D eigenvalue weighted by atomic mass is 9.89. The number of halogens is 1. The Morgan fingerprint density at radius 1 is 1.19 bits per heavy atom. The fraction of sp³-hybridized carbons (Fsp3) is 0.783. The van der Waals surface area contributed by atoms with Gasteiger partial charge in [0.2, 0.25) is 11.9 Å². The number of aromatic nitrogens is 2. The van der Waals surface area contributed by atoms with Crippen LogP contribution in [0.1, 0.15) is 52.4 Å². The lowest BCUT2D eigenvalue weighted by Crippen LogP contribution is -2.43. The van der Waals surface area contributed by atoms with E-state index in [1.807, 2.05) is 18.7 Å². The Bertz CT molecular complexity index is 745. The summed E-state index contributed by atoms with van der Waals surface area (Å²) < 4.78 is 6.15. The highest BCUT2D eigenvalue weighted by Gasteiger charge is 2.54. The average molecular weight is 450 g/mol. The van der Waals surface area contributed by atoms with E-state index in [-0.39, 0.29) is 23.5 Å². The predicted molar refractivity (Wildman–Crippen MR) is 122 cm³/mol. The highest BCUT2D eigenvalue weighted by molar-refractivity contribution is 6.30. The van der Waals surface area contributed by atoms with E-state index < -0.39 is 0 Å². The number of ether oxygens (including phenoxy) is 1. The molecule has 0 radical (unpaired) electrons. The first-order valence-corrected chi connectivity index (χ1v) is 12.2. The zero-order chi connectivity index (χ0) is 22.0. The molecule has 0 bridgehead atoms. The van der Waals surface area contributed by atoms with Gasteiger partial charge in [0, 0.05) is 44.2 Å². The minimum absolute atomic E-state index is 0.0576. The molecule has 0 spiro atoms. The van der Waals surface area contributed by atoms with Gasteiger partial charge in [-0.15, -0.1) is 0 Å². The molecule has 1 aromatic rings. The summed E-state index contributed by atoms with van der Waals surface area (Å²) in [7, 11) is 0. The Morgan fingerprint density at radius 3 is 2.45 bits per heavy atom. The van der Waals surface area contributed by atoms with E-state index >= 15 is 0 Å². The molecule has 4 rings (SSSR count). The number of carbonyl (C=O) groups excluding carboxylic acids is 1. The van der Waals surface area contributed by atoms with Gasteiger partial charge >= 0.3 is 0 Å². The predicted octanol–water partition coefficient (Wildman–Crippen LogP) is 3.12. The lowest BCUT2D eigenvalue weighted by Gasteiger charge is -2.34. The van der Waals surface area contributed by atoms with Crippen LogP contribution in [0.25, 0.3) is 0 Å². The van der Waals surface area contributed by atoms with E-state index in [0.717, 1.165) is 77.3 Å².